The molecule has 1 heterocycles. The van der Waals surface area contributed by atoms with Gasteiger partial charge in [0.15, 0.2) is 0 Å². The van der Waals surface area contributed by atoms with E-state index in [1.807, 2.05) is 24.3 Å². The molecule has 0 unspecified atom stereocenters. The smallest absolute Gasteiger partial charge is 0.220 e. The summed E-state index contributed by atoms with van der Waals surface area (Å²) in [7, 11) is 0. The van der Waals surface area contributed by atoms with Crippen LogP contribution in [0.15, 0.2) is 60.7 Å². The van der Waals surface area contributed by atoms with Crippen molar-refractivity contribution >= 4 is 5.91 Å². The van der Waals surface area contributed by atoms with E-state index in [0.717, 1.165) is 6.42 Å². The van der Waals surface area contributed by atoms with Gasteiger partial charge in [-0.25, -0.2) is 0 Å². The van der Waals surface area contributed by atoms with Crippen LogP contribution in [0.3, 0.4) is 0 Å². The SMILES string of the molecule is O=C1CC[C@@H](c2ccccc2)[C@H](c2ccccc2)N1. The summed E-state index contributed by atoms with van der Waals surface area (Å²) in [5.74, 6) is 0.516. The Hall–Kier alpha value is -2.09. The zero-order chi connectivity index (χ0) is 13.1. The molecular formula is C17H17NO. The summed E-state index contributed by atoms with van der Waals surface area (Å²) >= 11 is 0. The van der Waals surface area contributed by atoms with Crippen molar-refractivity contribution in [2.45, 2.75) is 24.8 Å². The molecule has 2 atom stereocenters. The monoisotopic (exact) mass is 251 g/mol. The topological polar surface area (TPSA) is 29.1 Å². The minimum atomic E-state index is 0.0878. The molecule has 1 aliphatic heterocycles. The summed E-state index contributed by atoms with van der Waals surface area (Å²) in [5, 5.41) is 3.14. The van der Waals surface area contributed by atoms with E-state index in [-0.39, 0.29) is 11.9 Å². The van der Waals surface area contributed by atoms with Gasteiger partial charge in [0, 0.05) is 12.3 Å². The molecule has 96 valence electrons. The van der Waals surface area contributed by atoms with Crippen LogP contribution in [-0.4, -0.2) is 5.91 Å². The van der Waals surface area contributed by atoms with Gasteiger partial charge in [-0.15, -0.1) is 0 Å². The third-order valence-electron chi connectivity index (χ3n) is 3.79. The highest BCUT2D eigenvalue weighted by molar-refractivity contribution is 5.77. The molecule has 2 aromatic rings. The van der Waals surface area contributed by atoms with Gasteiger partial charge in [0.2, 0.25) is 5.91 Å². The summed E-state index contributed by atoms with van der Waals surface area (Å²) in [4.78, 5) is 11.7. The maximum Gasteiger partial charge on any atom is 0.220 e. The Morgan fingerprint density at radius 1 is 0.842 bits per heavy atom. The number of carbonyl (C=O) groups is 1. The van der Waals surface area contributed by atoms with Gasteiger partial charge >= 0.3 is 0 Å². The second kappa shape index (κ2) is 5.27. The zero-order valence-electron chi connectivity index (χ0n) is 10.8. The molecule has 3 rings (SSSR count). The predicted octanol–water partition coefficient (Wildman–Crippen LogP) is 3.42. The van der Waals surface area contributed by atoms with Gasteiger partial charge in [-0.2, -0.15) is 0 Å². The quantitative estimate of drug-likeness (QED) is 0.870. The molecule has 1 fully saturated rings. The highest BCUT2D eigenvalue weighted by Gasteiger charge is 2.30. The average molecular weight is 251 g/mol. The van der Waals surface area contributed by atoms with Gasteiger partial charge < -0.3 is 5.32 Å². The molecule has 0 saturated carbocycles. The minimum absolute atomic E-state index is 0.0878. The molecule has 1 aliphatic rings. The standard InChI is InChI=1S/C17H17NO/c19-16-12-11-15(13-7-3-1-4-8-13)17(18-16)14-9-5-2-6-10-14/h1-10,15,17H,11-12H2,(H,18,19)/t15-,17-/m0/s1. The van der Waals surface area contributed by atoms with Gasteiger partial charge in [-0.05, 0) is 17.5 Å². The molecule has 2 heteroatoms. The van der Waals surface area contributed by atoms with Gasteiger partial charge in [-0.3, -0.25) is 4.79 Å². The zero-order valence-corrected chi connectivity index (χ0v) is 10.8. The lowest BCUT2D eigenvalue weighted by molar-refractivity contribution is -0.123. The van der Waals surface area contributed by atoms with Gasteiger partial charge in [-0.1, -0.05) is 60.7 Å². The summed E-state index contributed by atoms with van der Waals surface area (Å²) in [6.07, 6.45) is 1.53. The fourth-order valence-electron chi connectivity index (χ4n) is 2.83. The van der Waals surface area contributed by atoms with Crippen LogP contribution >= 0.6 is 0 Å². The number of nitrogens with one attached hydrogen (secondary N) is 1. The molecule has 2 aromatic carbocycles. The number of piperidine rings is 1. The molecule has 1 N–H and O–H groups in total. The van der Waals surface area contributed by atoms with E-state index in [1.165, 1.54) is 11.1 Å². The van der Waals surface area contributed by atoms with E-state index in [2.05, 4.69) is 41.7 Å². The Labute approximate surface area is 113 Å². The van der Waals surface area contributed by atoms with Gasteiger partial charge in [0.25, 0.3) is 0 Å². The van der Waals surface area contributed by atoms with Crippen molar-refractivity contribution in [3.63, 3.8) is 0 Å². The lowest BCUT2D eigenvalue weighted by atomic mass is 9.81. The molecule has 1 amide bonds. The largest absolute Gasteiger partial charge is 0.349 e. The highest BCUT2D eigenvalue weighted by Crippen LogP contribution is 2.37. The van der Waals surface area contributed by atoms with E-state index in [9.17, 15) is 4.79 Å². The van der Waals surface area contributed by atoms with Crippen LogP contribution in [0.2, 0.25) is 0 Å². The number of rotatable bonds is 2. The first-order valence-corrected chi connectivity index (χ1v) is 6.74. The summed E-state index contributed by atoms with van der Waals surface area (Å²) in [6.45, 7) is 0. The van der Waals surface area contributed by atoms with Gasteiger partial charge in [0.05, 0.1) is 6.04 Å². The van der Waals surface area contributed by atoms with Crippen LogP contribution in [0, 0.1) is 0 Å². The van der Waals surface area contributed by atoms with Crippen LogP contribution in [0.4, 0.5) is 0 Å². The Morgan fingerprint density at radius 2 is 1.42 bits per heavy atom. The highest BCUT2D eigenvalue weighted by atomic mass is 16.1. The molecule has 2 nitrogen and oxygen atoms in total. The molecule has 19 heavy (non-hydrogen) atoms. The fraction of sp³-hybridized carbons (Fsp3) is 0.235. The number of hydrogen-bond donors (Lipinski definition) is 1. The fourth-order valence-corrected chi connectivity index (χ4v) is 2.83. The number of benzene rings is 2. The van der Waals surface area contributed by atoms with Crippen molar-refractivity contribution in [3.05, 3.63) is 71.8 Å². The van der Waals surface area contributed by atoms with Crippen LogP contribution in [0.5, 0.6) is 0 Å². The Morgan fingerprint density at radius 3 is 2.05 bits per heavy atom. The maximum absolute atomic E-state index is 11.7. The van der Waals surface area contributed by atoms with Crippen LogP contribution in [0.25, 0.3) is 0 Å². The lowest BCUT2D eigenvalue weighted by Gasteiger charge is -2.33. The van der Waals surface area contributed by atoms with Crippen LogP contribution in [-0.2, 0) is 4.79 Å². The first kappa shape index (κ1) is 12.0. The Balaban J connectivity index is 1.95. The van der Waals surface area contributed by atoms with Crippen LogP contribution in [0.1, 0.15) is 35.9 Å². The number of hydrogen-bond acceptors (Lipinski definition) is 1. The minimum Gasteiger partial charge on any atom is -0.349 e. The Bertz CT molecular complexity index is 550. The molecule has 0 spiro atoms. The van der Waals surface area contributed by atoms with Crippen molar-refractivity contribution in [2.75, 3.05) is 0 Å². The maximum atomic E-state index is 11.7. The summed E-state index contributed by atoms with van der Waals surface area (Å²) in [6, 6.07) is 20.8. The van der Waals surface area contributed by atoms with Gasteiger partial charge in [0.1, 0.15) is 0 Å². The lowest BCUT2D eigenvalue weighted by Crippen LogP contribution is -2.37. The average Bonchev–Trinajstić information content (AvgIpc) is 2.49. The molecule has 1 saturated heterocycles. The number of amides is 1. The van der Waals surface area contributed by atoms with Crippen molar-refractivity contribution in [1.29, 1.82) is 0 Å². The van der Waals surface area contributed by atoms with Crippen molar-refractivity contribution in [3.8, 4) is 0 Å². The third kappa shape index (κ3) is 2.53. The predicted molar refractivity (Wildman–Crippen MR) is 75.7 cm³/mol. The van der Waals surface area contributed by atoms with E-state index >= 15 is 0 Å². The van der Waals surface area contributed by atoms with E-state index in [0.29, 0.717) is 12.3 Å². The normalized spacial score (nSPS) is 22.8. The van der Waals surface area contributed by atoms with E-state index < -0.39 is 0 Å². The third-order valence-corrected chi connectivity index (χ3v) is 3.79. The second-order valence-corrected chi connectivity index (χ2v) is 5.01. The molecule has 0 radical (unpaired) electrons. The molecule has 0 bridgehead atoms. The molecule has 0 aliphatic carbocycles. The summed E-state index contributed by atoms with van der Waals surface area (Å²) < 4.78 is 0. The van der Waals surface area contributed by atoms with Crippen molar-refractivity contribution in [1.82, 2.24) is 5.32 Å². The molecule has 0 aromatic heterocycles. The van der Waals surface area contributed by atoms with E-state index in [4.69, 9.17) is 0 Å². The summed E-state index contributed by atoms with van der Waals surface area (Å²) in [5.41, 5.74) is 2.49. The first-order valence-electron chi connectivity index (χ1n) is 6.74. The number of carbonyl (C=O) groups excluding carboxylic acids is 1. The van der Waals surface area contributed by atoms with Crippen molar-refractivity contribution < 1.29 is 4.79 Å². The van der Waals surface area contributed by atoms with Crippen LogP contribution < -0.4 is 5.32 Å². The first-order chi connectivity index (χ1) is 9.34. The molecular weight excluding hydrogens is 234 g/mol. The second-order valence-electron chi connectivity index (χ2n) is 5.01. The van der Waals surface area contributed by atoms with Crippen molar-refractivity contribution in [2.24, 2.45) is 0 Å². The Kier molecular flexibility index (Phi) is 3.32. The van der Waals surface area contributed by atoms with E-state index in [1.54, 1.807) is 0 Å².